The Bertz CT molecular complexity index is 1280. The summed E-state index contributed by atoms with van der Waals surface area (Å²) >= 11 is 1.40. The van der Waals surface area contributed by atoms with Gasteiger partial charge in [0, 0.05) is 24.6 Å². The molecule has 7 nitrogen and oxygen atoms in total. The zero-order valence-electron chi connectivity index (χ0n) is 14.5. The fourth-order valence-electron chi connectivity index (χ4n) is 3.07. The van der Waals surface area contributed by atoms with Crippen LogP contribution in [0.5, 0.6) is 17.2 Å². The van der Waals surface area contributed by atoms with Crippen LogP contribution in [-0.4, -0.2) is 24.4 Å². The molecule has 1 aliphatic heterocycles. The van der Waals surface area contributed by atoms with Gasteiger partial charge in [-0.3, -0.25) is 4.79 Å². The fraction of sp³-hybridized carbons (Fsp3) is 0.158. The molecule has 3 heterocycles. The topological polar surface area (TPSA) is 75.2 Å². The first kappa shape index (κ1) is 16.0. The molecular formula is C19H14N2O5S. The van der Waals surface area contributed by atoms with Crippen LogP contribution < -0.4 is 19.0 Å². The maximum Gasteiger partial charge on any atom is 0.315 e. The highest BCUT2D eigenvalue weighted by molar-refractivity contribution is 7.16. The molecule has 0 unspecified atom stereocenters. The maximum absolute atomic E-state index is 12.7. The van der Waals surface area contributed by atoms with E-state index < -0.39 is 5.91 Å². The Hall–Kier alpha value is -3.26. The van der Waals surface area contributed by atoms with Crippen molar-refractivity contribution < 1.29 is 23.4 Å². The first-order valence-corrected chi connectivity index (χ1v) is 9.00. The van der Waals surface area contributed by atoms with Gasteiger partial charge in [-0.1, -0.05) is 23.5 Å². The van der Waals surface area contributed by atoms with E-state index in [1.54, 1.807) is 19.2 Å². The van der Waals surface area contributed by atoms with Crippen LogP contribution >= 0.6 is 11.3 Å². The molecule has 136 valence electrons. The Labute approximate surface area is 157 Å². The van der Waals surface area contributed by atoms with Gasteiger partial charge in [0.2, 0.25) is 6.79 Å². The van der Waals surface area contributed by atoms with Crippen molar-refractivity contribution in [3.8, 4) is 17.2 Å². The van der Waals surface area contributed by atoms with Crippen molar-refractivity contribution in [2.45, 2.75) is 0 Å². The van der Waals surface area contributed by atoms with E-state index in [9.17, 15) is 4.79 Å². The van der Waals surface area contributed by atoms with Crippen molar-refractivity contribution in [1.29, 1.82) is 0 Å². The van der Waals surface area contributed by atoms with E-state index in [4.69, 9.17) is 18.6 Å². The summed E-state index contributed by atoms with van der Waals surface area (Å²) in [6.07, 6.45) is 0. The zero-order valence-corrected chi connectivity index (χ0v) is 15.3. The highest BCUT2D eigenvalue weighted by Crippen LogP contribution is 2.36. The zero-order chi connectivity index (χ0) is 18.5. The van der Waals surface area contributed by atoms with Crippen LogP contribution in [0.2, 0.25) is 0 Å². The second-order valence-corrected chi connectivity index (χ2v) is 7.03. The SMILES string of the molecule is COc1cccc2cc(C(=O)N=c3sc4cc5c(cc4n3C)OCO5)oc12. The number of benzene rings is 2. The van der Waals surface area contributed by atoms with Gasteiger partial charge in [0.15, 0.2) is 33.4 Å². The van der Waals surface area contributed by atoms with Crippen LogP contribution in [0.4, 0.5) is 0 Å². The summed E-state index contributed by atoms with van der Waals surface area (Å²) in [6, 6.07) is 11.0. The third kappa shape index (κ3) is 2.48. The number of furan rings is 1. The third-order valence-electron chi connectivity index (χ3n) is 4.44. The number of ether oxygens (including phenoxy) is 3. The van der Waals surface area contributed by atoms with Crippen molar-refractivity contribution in [2.75, 3.05) is 13.9 Å². The second-order valence-electron chi connectivity index (χ2n) is 6.02. The van der Waals surface area contributed by atoms with Crippen LogP contribution in [0.25, 0.3) is 21.2 Å². The van der Waals surface area contributed by atoms with Crippen molar-refractivity contribution in [3.05, 3.63) is 47.0 Å². The van der Waals surface area contributed by atoms with Gasteiger partial charge in [0.1, 0.15) is 0 Å². The maximum atomic E-state index is 12.7. The van der Waals surface area contributed by atoms with Crippen LogP contribution in [0.3, 0.4) is 0 Å². The average molecular weight is 382 g/mol. The summed E-state index contributed by atoms with van der Waals surface area (Å²) in [4.78, 5) is 17.5. The van der Waals surface area contributed by atoms with Crippen LogP contribution in [0, 0.1) is 0 Å². The number of hydrogen-bond acceptors (Lipinski definition) is 6. The Morgan fingerprint density at radius 3 is 2.85 bits per heavy atom. The first-order valence-electron chi connectivity index (χ1n) is 8.19. The lowest BCUT2D eigenvalue weighted by molar-refractivity contribution is 0.0973. The van der Waals surface area contributed by atoms with Gasteiger partial charge in [-0.25, -0.2) is 0 Å². The molecule has 0 aliphatic carbocycles. The number of amides is 1. The predicted octanol–water partition coefficient (Wildman–Crippen LogP) is 3.46. The number of rotatable bonds is 2. The molecule has 0 bridgehead atoms. The molecule has 2 aromatic carbocycles. The van der Waals surface area contributed by atoms with Gasteiger partial charge in [-0.05, 0) is 12.1 Å². The number of carbonyl (C=O) groups excluding carboxylic acids is 1. The molecular weight excluding hydrogens is 368 g/mol. The van der Waals surface area contributed by atoms with E-state index >= 15 is 0 Å². The van der Waals surface area contributed by atoms with Crippen LogP contribution in [-0.2, 0) is 7.05 Å². The van der Waals surface area contributed by atoms with E-state index in [0.29, 0.717) is 27.6 Å². The van der Waals surface area contributed by atoms with Gasteiger partial charge in [-0.2, -0.15) is 4.99 Å². The Morgan fingerprint density at radius 1 is 1.22 bits per heavy atom. The molecule has 2 aromatic heterocycles. The van der Waals surface area contributed by atoms with Gasteiger partial charge >= 0.3 is 5.91 Å². The molecule has 1 amide bonds. The number of thiazole rings is 1. The van der Waals surface area contributed by atoms with E-state index in [1.165, 1.54) is 11.3 Å². The largest absolute Gasteiger partial charge is 0.493 e. The third-order valence-corrected chi connectivity index (χ3v) is 5.53. The molecule has 0 spiro atoms. The Balaban J connectivity index is 1.60. The minimum Gasteiger partial charge on any atom is -0.493 e. The van der Waals surface area contributed by atoms with Gasteiger partial charge in [-0.15, -0.1) is 0 Å². The van der Waals surface area contributed by atoms with E-state index in [2.05, 4.69) is 4.99 Å². The quantitative estimate of drug-likeness (QED) is 0.531. The lowest BCUT2D eigenvalue weighted by Gasteiger charge is -1.98. The monoisotopic (exact) mass is 382 g/mol. The molecule has 0 atom stereocenters. The highest BCUT2D eigenvalue weighted by atomic mass is 32.1. The number of aryl methyl sites for hydroxylation is 1. The molecule has 0 saturated carbocycles. The summed E-state index contributed by atoms with van der Waals surface area (Å²) in [6.45, 7) is 0.224. The average Bonchev–Trinajstić information content (AvgIpc) is 3.37. The van der Waals surface area contributed by atoms with Crippen molar-refractivity contribution in [2.24, 2.45) is 12.0 Å². The number of para-hydroxylation sites is 1. The molecule has 1 aliphatic rings. The molecule has 27 heavy (non-hydrogen) atoms. The Morgan fingerprint density at radius 2 is 2.04 bits per heavy atom. The molecule has 0 radical (unpaired) electrons. The number of methoxy groups -OCH3 is 1. The van der Waals surface area contributed by atoms with Gasteiger partial charge in [0.05, 0.1) is 17.3 Å². The summed E-state index contributed by atoms with van der Waals surface area (Å²) in [7, 11) is 3.42. The lowest BCUT2D eigenvalue weighted by atomic mass is 10.2. The van der Waals surface area contributed by atoms with Gasteiger partial charge in [0.25, 0.3) is 0 Å². The molecule has 0 fully saturated rings. The normalized spacial score (nSPS) is 13.6. The van der Waals surface area contributed by atoms with E-state index in [0.717, 1.165) is 15.6 Å². The molecule has 4 aromatic rings. The highest BCUT2D eigenvalue weighted by Gasteiger charge is 2.18. The molecule has 8 heteroatoms. The lowest BCUT2D eigenvalue weighted by Crippen LogP contribution is -2.13. The number of carbonyl (C=O) groups is 1. The van der Waals surface area contributed by atoms with Gasteiger partial charge < -0.3 is 23.2 Å². The smallest absolute Gasteiger partial charge is 0.315 e. The summed E-state index contributed by atoms with van der Waals surface area (Å²) in [5.41, 5.74) is 1.45. The number of hydrogen-bond donors (Lipinski definition) is 0. The first-order chi connectivity index (χ1) is 13.1. The number of nitrogens with zero attached hydrogens (tertiary/aromatic N) is 2. The molecule has 5 rings (SSSR count). The second kappa shape index (κ2) is 5.88. The minimum absolute atomic E-state index is 0.168. The van der Waals surface area contributed by atoms with Crippen molar-refractivity contribution in [3.63, 3.8) is 0 Å². The van der Waals surface area contributed by atoms with E-state index in [-0.39, 0.29) is 12.6 Å². The fourth-order valence-corrected chi connectivity index (χ4v) is 4.10. The van der Waals surface area contributed by atoms with E-state index in [1.807, 2.05) is 35.9 Å². The van der Waals surface area contributed by atoms with Crippen LogP contribution in [0.15, 0.2) is 45.8 Å². The molecule has 0 saturated heterocycles. The number of aromatic nitrogens is 1. The predicted molar refractivity (Wildman–Crippen MR) is 99.6 cm³/mol. The Kier molecular flexibility index (Phi) is 3.48. The summed E-state index contributed by atoms with van der Waals surface area (Å²) < 4.78 is 24.6. The number of fused-ring (bicyclic) bond motifs is 3. The van der Waals surface area contributed by atoms with Crippen molar-refractivity contribution >= 4 is 38.4 Å². The molecule has 0 N–H and O–H groups in total. The van der Waals surface area contributed by atoms with Crippen LogP contribution in [0.1, 0.15) is 10.6 Å². The minimum atomic E-state index is -0.449. The van der Waals surface area contributed by atoms with Crippen molar-refractivity contribution in [1.82, 2.24) is 4.57 Å². The summed E-state index contributed by atoms with van der Waals surface area (Å²) in [5.74, 6) is 1.69. The standard InChI is InChI=1S/C19H14N2O5S/c1-21-11-7-13-14(25-9-24-13)8-16(11)27-19(21)20-18(22)15-6-10-4-3-5-12(23-2)17(10)26-15/h3-8H,9H2,1-2H3. The summed E-state index contributed by atoms with van der Waals surface area (Å²) in [5, 5.41) is 0.791.